The third kappa shape index (κ3) is 4.40. The summed E-state index contributed by atoms with van der Waals surface area (Å²) in [5, 5.41) is 12.7. The molecule has 2 N–H and O–H groups in total. The number of thioether (sulfide) groups is 1. The lowest BCUT2D eigenvalue weighted by molar-refractivity contribution is 0.0694. The minimum absolute atomic E-state index is 0.405. The molecule has 116 valence electrons. The van der Waals surface area contributed by atoms with Gasteiger partial charge in [0.05, 0.1) is 5.56 Å². The Morgan fingerprint density at radius 3 is 2.90 bits per heavy atom. The summed E-state index contributed by atoms with van der Waals surface area (Å²) in [6, 6.07) is 5.65. The van der Waals surface area contributed by atoms with Gasteiger partial charge in [-0.25, -0.2) is 4.79 Å². The van der Waals surface area contributed by atoms with Crippen LogP contribution in [0.1, 0.15) is 49.4 Å². The Balaban J connectivity index is 1.95. The van der Waals surface area contributed by atoms with E-state index in [4.69, 9.17) is 0 Å². The Morgan fingerprint density at radius 1 is 1.43 bits per heavy atom. The maximum Gasteiger partial charge on any atom is 0.338 e. The largest absolute Gasteiger partial charge is 0.478 e. The molecule has 1 aliphatic rings. The van der Waals surface area contributed by atoms with Crippen LogP contribution >= 0.6 is 11.8 Å². The molecule has 2 atom stereocenters. The molecule has 4 heteroatoms. The Morgan fingerprint density at radius 2 is 2.24 bits per heavy atom. The summed E-state index contributed by atoms with van der Waals surface area (Å²) in [4.78, 5) is 12.3. The Kier molecular flexibility index (Phi) is 5.97. The van der Waals surface area contributed by atoms with Crippen molar-refractivity contribution in [3.8, 4) is 0 Å². The molecule has 1 aromatic rings. The first-order chi connectivity index (χ1) is 10.1. The SMILES string of the molecule is CSc1cccc(NCCC2CCCC(C)C2)c1C(=O)O. The van der Waals surface area contributed by atoms with Crippen LogP contribution in [0.2, 0.25) is 0 Å². The van der Waals surface area contributed by atoms with Crippen LogP contribution in [-0.2, 0) is 0 Å². The van der Waals surface area contributed by atoms with Crippen molar-refractivity contribution in [2.45, 2.75) is 43.9 Å². The molecule has 0 heterocycles. The number of anilines is 1. The van der Waals surface area contributed by atoms with E-state index in [1.807, 2.05) is 24.5 Å². The smallest absolute Gasteiger partial charge is 0.338 e. The van der Waals surface area contributed by atoms with Crippen molar-refractivity contribution in [3.05, 3.63) is 23.8 Å². The number of carboxylic acid groups (broad SMARTS) is 1. The van der Waals surface area contributed by atoms with Crippen molar-refractivity contribution < 1.29 is 9.90 Å². The molecule has 1 saturated carbocycles. The molecular weight excluding hydrogens is 282 g/mol. The summed E-state index contributed by atoms with van der Waals surface area (Å²) < 4.78 is 0. The molecule has 2 unspecified atom stereocenters. The van der Waals surface area contributed by atoms with E-state index in [9.17, 15) is 9.90 Å². The van der Waals surface area contributed by atoms with Gasteiger partial charge in [-0.05, 0) is 43.1 Å². The van der Waals surface area contributed by atoms with E-state index in [-0.39, 0.29) is 0 Å². The van der Waals surface area contributed by atoms with Gasteiger partial charge >= 0.3 is 5.97 Å². The first kappa shape index (κ1) is 16.2. The normalized spacial score (nSPS) is 22.0. The molecule has 0 bridgehead atoms. The highest BCUT2D eigenvalue weighted by atomic mass is 32.2. The average molecular weight is 307 g/mol. The number of aromatic carboxylic acids is 1. The van der Waals surface area contributed by atoms with E-state index in [2.05, 4.69) is 12.2 Å². The molecule has 1 aliphatic carbocycles. The Hall–Kier alpha value is -1.16. The van der Waals surface area contributed by atoms with Crippen molar-refractivity contribution in [2.75, 3.05) is 18.1 Å². The zero-order valence-electron chi connectivity index (χ0n) is 12.9. The van der Waals surface area contributed by atoms with E-state index in [0.29, 0.717) is 5.56 Å². The van der Waals surface area contributed by atoms with E-state index in [1.54, 1.807) is 0 Å². The van der Waals surface area contributed by atoms with Gasteiger partial charge in [-0.1, -0.05) is 32.3 Å². The molecule has 0 saturated heterocycles. The van der Waals surface area contributed by atoms with Crippen LogP contribution in [0.5, 0.6) is 0 Å². The number of carboxylic acids is 1. The molecule has 21 heavy (non-hydrogen) atoms. The molecule has 2 rings (SSSR count). The van der Waals surface area contributed by atoms with Crippen LogP contribution in [0.25, 0.3) is 0 Å². The third-order valence-electron chi connectivity index (χ3n) is 4.37. The highest BCUT2D eigenvalue weighted by Crippen LogP contribution is 2.31. The fourth-order valence-corrected chi connectivity index (χ4v) is 3.92. The summed E-state index contributed by atoms with van der Waals surface area (Å²) in [7, 11) is 0. The zero-order chi connectivity index (χ0) is 15.2. The van der Waals surface area contributed by atoms with Crippen LogP contribution in [-0.4, -0.2) is 23.9 Å². The topological polar surface area (TPSA) is 49.3 Å². The van der Waals surface area contributed by atoms with Gasteiger partial charge in [0.2, 0.25) is 0 Å². The fraction of sp³-hybridized carbons (Fsp3) is 0.588. The van der Waals surface area contributed by atoms with Crippen molar-refractivity contribution in [3.63, 3.8) is 0 Å². The van der Waals surface area contributed by atoms with Crippen LogP contribution in [0.3, 0.4) is 0 Å². The lowest BCUT2D eigenvalue weighted by atomic mass is 9.81. The van der Waals surface area contributed by atoms with E-state index < -0.39 is 5.97 Å². The minimum Gasteiger partial charge on any atom is -0.478 e. The number of nitrogens with one attached hydrogen (secondary N) is 1. The van der Waals surface area contributed by atoms with Gasteiger partial charge in [0.25, 0.3) is 0 Å². The average Bonchev–Trinajstić information content (AvgIpc) is 2.46. The maximum atomic E-state index is 11.5. The van der Waals surface area contributed by atoms with Crippen molar-refractivity contribution in [2.24, 2.45) is 11.8 Å². The van der Waals surface area contributed by atoms with Gasteiger partial charge in [-0.2, -0.15) is 0 Å². The summed E-state index contributed by atoms with van der Waals surface area (Å²) in [5.74, 6) is 0.783. The second kappa shape index (κ2) is 7.74. The van der Waals surface area contributed by atoms with Gasteiger partial charge in [0, 0.05) is 17.1 Å². The van der Waals surface area contributed by atoms with E-state index in [1.165, 1.54) is 37.4 Å². The predicted octanol–water partition coefficient (Wildman–Crippen LogP) is 4.74. The van der Waals surface area contributed by atoms with Crippen LogP contribution in [0.4, 0.5) is 5.69 Å². The maximum absolute atomic E-state index is 11.5. The predicted molar refractivity (Wildman–Crippen MR) is 89.4 cm³/mol. The van der Waals surface area contributed by atoms with Crippen LogP contribution < -0.4 is 5.32 Å². The van der Waals surface area contributed by atoms with Crippen molar-refractivity contribution >= 4 is 23.4 Å². The highest BCUT2D eigenvalue weighted by molar-refractivity contribution is 7.98. The summed E-state index contributed by atoms with van der Waals surface area (Å²) in [5.41, 5.74) is 1.15. The molecule has 0 radical (unpaired) electrons. The number of hydrogen-bond donors (Lipinski definition) is 2. The van der Waals surface area contributed by atoms with Gasteiger partial charge < -0.3 is 10.4 Å². The summed E-state index contributed by atoms with van der Waals surface area (Å²) in [6.07, 6.45) is 8.39. The fourth-order valence-electron chi connectivity index (χ4n) is 3.30. The first-order valence-corrected chi connectivity index (χ1v) is 8.98. The second-order valence-corrected chi connectivity index (χ2v) is 6.89. The zero-order valence-corrected chi connectivity index (χ0v) is 13.7. The lowest BCUT2D eigenvalue weighted by Gasteiger charge is -2.26. The molecule has 0 spiro atoms. The Labute approximate surface area is 131 Å². The molecule has 1 aromatic carbocycles. The molecule has 0 amide bonds. The first-order valence-electron chi connectivity index (χ1n) is 7.76. The van der Waals surface area contributed by atoms with Crippen molar-refractivity contribution in [1.29, 1.82) is 0 Å². The number of rotatable bonds is 6. The van der Waals surface area contributed by atoms with Crippen molar-refractivity contribution in [1.82, 2.24) is 0 Å². The van der Waals surface area contributed by atoms with Gasteiger partial charge in [-0.15, -0.1) is 11.8 Å². The standard InChI is InChI=1S/C17H25NO2S/c1-12-5-3-6-13(11-12)9-10-18-14-7-4-8-15(21-2)16(14)17(19)20/h4,7-8,12-13,18H,3,5-6,9-11H2,1-2H3,(H,19,20). The highest BCUT2D eigenvalue weighted by Gasteiger charge is 2.19. The van der Waals surface area contributed by atoms with Gasteiger partial charge in [0.15, 0.2) is 0 Å². The van der Waals surface area contributed by atoms with Gasteiger partial charge in [-0.3, -0.25) is 0 Å². The van der Waals surface area contributed by atoms with E-state index >= 15 is 0 Å². The number of carbonyl (C=O) groups is 1. The van der Waals surface area contributed by atoms with Crippen LogP contribution in [0, 0.1) is 11.8 Å². The molecule has 0 aromatic heterocycles. The second-order valence-electron chi connectivity index (χ2n) is 6.04. The molecule has 1 fully saturated rings. The van der Waals surface area contributed by atoms with Crippen LogP contribution in [0.15, 0.2) is 23.1 Å². The quantitative estimate of drug-likeness (QED) is 0.746. The van der Waals surface area contributed by atoms with Gasteiger partial charge in [0.1, 0.15) is 0 Å². The Bertz CT molecular complexity index is 490. The molecule has 3 nitrogen and oxygen atoms in total. The minimum atomic E-state index is -0.853. The molecular formula is C17H25NO2S. The number of benzene rings is 1. The number of hydrogen-bond acceptors (Lipinski definition) is 3. The third-order valence-corrected chi connectivity index (χ3v) is 5.15. The van der Waals surface area contributed by atoms with E-state index in [0.717, 1.165) is 35.4 Å². The molecule has 0 aliphatic heterocycles. The summed E-state index contributed by atoms with van der Waals surface area (Å²) in [6.45, 7) is 3.19. The lowest BCUT2D eigenvalue weighted by Crippen LogP contribution is -2.17. The monoisotopic (exact) mass is 307 g/mol. The summed E-state index contributed by atoms with van der Waals surface area (Å²) >= 11 is 1.48.